The van der Waals surface area contributed by atoms with Crippen molar-refractivity contribution in [2.75, 3.05) is 19.3 Å². The highest BCUT2D eigenvalue weighted by Crippen LogP contribution is 2.28. The number of aliphatic imine (C=N–C) groups is 1. The highest BCUT2D eigenvalue weighted by molar-refractivity contribution is 9.10. The minimum atomic E-state index is -0.904. The molecule has 0 saturated heterocycles. The smallest absolute Gasteiger partial charge is 0.186 e. The van der Waals surface area contributed by atoms with Gasteiger partial charge in [0.25, 0.3) is 0 Å². The molecule has 1 aromatic heterocycles. The molecule has 2 rings (SSSR count). The van der Waals surface area contributed by atoms with E-state index >= 15 is 0 Å². The Kier molecular flexibility index (Phi) is 6.45. The van der Waals surface area contributed by atoms with Gasteiger partial charge in [0.15, 0.2) is 22.4 Å². The summed E-state index contributed by atoms with van der Waals surface area (Å²) in [6.07, 6.45) is 0. The number of benzene rings is 1. The molecule has 0 bridgehead atoms. The van der Waals surface area contributed by atoms with Crippen molar-refractivity contribution in [3.63, 3.8) is 0 Å². The van der Waals surface area contributed by atoms with E-state index in [1.165, 1.54) is 11.8 Å². The molecule has 124 valence electrons. The highest BCUT2D eigenvalue weighted by atomic mass is 79.9. The van der Waals surface area contributed by atoms with Crippen LogP contribution < -0.4 is 10.8 Å². The van der Waals surface area contributed by atoms with Crippen LogP contribution in [-0.4, -0.2) is 40.7 Å². The summed E-state index contributed by atoms with van der Waals surface area (Å²) in [5, 5.41) is 19.9. The summed E-state index contributed by atoms with van der Waals surface area (Å²) in [7, 11) is 1.81. The summed E-state index contributed by atoms with van der Waals surface area (Å²) in [4.78, 5) is 3.90. The monoisotopic (exact) mass is 407 g/mol. The zero-order valence-electron chi connectivity index (χ0n) is 11.8. The largest absolute Gasteiger partial charge is 0.319 e. The first-order chi connectivity index (χ1) is 11.1. The van der Waals surface area contributed by atoms with E-state index in [2.05, 4.69) is 41.2 Å². The maximum Gasteiger partial charge on any atom is 0.186 e. The number of rotatable bonds is 6. The van der Waals surface area contributed by atoms with Crippen LogP contribution in [0.15, 0.2) is 31.3 Å². The average Bonchev–Trinajstić information content (AvgIpc) is 3.01. The van der Waals surface area contributed by atoms with Gasteiger partial charge in [-0.15, -0.1) is 0 Å². The molecule has 0 saturated carbocycles. The van der Waals surface area contributed by atoms with Crippen LogP contribution in [-0.2, 0) is 0 Å². The van der Waals surface area contributed by atoms with Gasteiger partial charge in [0.05, 0.1) is 4.47 Å². The Morgan fingerprint density at radius 3 is 2.91 bits per heavy atom. The molecule has 0 unspecified atom stereocenters. The number of halogens is 3. The molecule has 0 aliphatic rings. The van der Waals surface area contributed by atoms with Crippen LogP contribution in [0.25, 0.3) is 0 Å². The Morgan fingerprint density at radius 2 is 2.22 bits per heavy atom. The quantitative estimate of drug-likeness (QED) is 0.169. The topological polar surface area (TPSA) is 95.6 Å². The Morgan fingerprint density at radius 1 is 1.43 bits per heavy atom. The molecule has 0 aliphatic heterocycles. The minimum Gasteiger partial charge on any atom is -0.319 e. The average molecular weight is 408 g/mol. The fourth-order valence-electron chi connectivity index (χ4n) is 1.52. The second-order valence-corrected chi connectivity index (χ2v) is 6.01. The summed E-state index contributed by atoms with van der Waals surface area (Å²) in [5.74, 6) is -1.16. The molecule has 0 amide bonds. The molecule has 11 heteroatoms. The van der Waals surface area contributed by atoms with Crippen LogP contribution in [0.4, 0.5) is 14.5 Å². The number of thioether (sulfide) groups is 1. The third kappa shape index (κ3) is 4.25. The first kappa shape index (κ1) is 17.8. The lowest BCUT2D eigenvalue weighted by molar-refractivity contribution is 0.233. The SMILES string of the molecule is CNCCSc1nonc1C(=Nc1ccc(F)c(Br)c1F)NO. The van der Waals surface area contributed by atoms with Gasteiger partial charge in [-0.3, -0.25) is 10.7 Å². The van der Waals surface area contributed by atoms with Crippen LogP contribution >= 0.6 is 27.7 Å². The van der Waals surface area contributed by atoms with Crippen molar-refractivity contribution >= 4 is 39.2 Å². The summed E-state index contributed by atoms with van der Waals surface area (Å²) in [6.45, 7) is 0.718. The number of hydrogen-bond donors (Lipinski definition) is 3. The van der Waals surface area contributed by atoms with Crippen LogP contribution in [0.5, 0.6) is 0 Å². The van der Waals surface area contributed by atoms with Crippen molar-refractivity contribution in [1.82, 2.24) is 21.1 Å². The first-order valence-electron chi connectivity index (χ1n) is 6.31. The van der Waals surface area contributed by atoms with Gasteiger partial charge in [-0.2, -0.15) is 0 Å². The second-order valence-electron chi connectivity index (χ2n) is 4.14. The Balaban J connectivity index is 2.33. The molecule has 0 aliphatic carbocycles. The number of nitrogens with one attached hydrogen (secondary N) is 2. The number of hydroxylamine groups is 1. The summed E-state index contributed by atoms with van der Waals surface area (Å²) < 4.78 is 31.5. The van der Waals surface area contributed by atoms with E-state index in [1.807, 2.05) is 5.48 Å². The minimum absolute atomic E-state index is 0.119. The van der Waals surface area contributed by atoms with E-state index in [9.17, 15) is 14.0 Å². The summed E-state index contributed by atoms with van der Waals surface area (Å²) in [5.41, 5.74) is 1.76. The lowest BCUT2D eigenvalue weighted by Gasteiger charge is -2.05. The van der Waals surface area contributed by atoms with Gasteiger partial charge in [0.2, 0.25) is 0 Å². The normalized spacial score (nSPS) is 11.8. The van der Waals surface area contributed by atoms with E-state index < -0.39 is 11.6 Å². The maximum atomic E-state index is 14.0. The molecule has 0 fully saturated rings. The molecule has 23 heavy (non-hydrogen) atoms. The summed E-state index contributed by atoms with van der Waals surface area (Å²) >= 11 is 4.10. The van der Waals surface area contributed by atoms with Crippen LogP contribution in [0.3, 0.4) is 0 Å². The maximum absolute atomic E-state index is 14.0. The van der Waals surface area contributed by atoms with Crippen molar-refractivity contribution < 1.29 is 18.6 Å². The van der Waals surface area contributed by atoms with Gasteiger partial charge in [-0.05, 0) is 45.4 Å². The zero-order chi connectivity index (χ0) is 16.8. The van der Waals surface area contributed by atoms with Crippen molar-refractivity contribution in [3.05, 3.63) is 33.9 Å². The van der Waals surface area contributed by atoms with E-state index in [0.29, 0.717) is 10.8 Å². The van der Waals surface area contributed by atoms with E-state index in [1.54, 1.807) is 7.05 Å². The van der Waals surface area contributed by atoms with Crippen molar-refractivity contribution in [3.8, 4) is 0 Å². The van der Waals surface area contributed by atoms with E-state index in [-0.39, 0.29) is 21.7 Å². The Bertz CT molecular complexity index is 713. The number of nitrogens with zero attached hydrogens (tertiary/aromatic N) is 3. The molecule has 1 aromatic carbocycles. The fraction of sp³-hybridized carbons (Fsp3) is 0.250. The standard InChI is InChI=1S/C12H12BrF2N5O2S/c1-16-4-5-23-12-10(19-22-20-12)11(18-21)17-7-3-2-6(14)8(13)9(7)15/h2-3,16,21H,4-5H2,1H3,(H,17,18). The fourth-order valence-corrected chi connectivity index (χ4v) is 2.71. The Labute approximate surface area is 142 Å². The molecule has 0 spiro atoms. The highest BCUT2D eigenvalue weighted by Gasteiger charge is 2.18. The Hall–Kier alpha value is -1.56. The van der Waals surface area contributed by atoms with E-state index in [0.717, 1.165) is 18.7 Å². The predicted octanol–water partition coefficient (Wildman–Crippen LogP) is 2.48. The van der Waals surface area contributed by atoms with Gasteiger partial charge in [0.1, 0.15) is 11.5 Å². The van der Waals surface area contributed by atoms with Crippen molar-refractivity contribution in [2.45, 2.75) is 5.03 Å². The number of aromatic nitrogens is 2. The molecule has 2 aromatic rings. The van der Waals surface area contributed by atoms with Crippen LogP contribution in [0, 0.1) is 11.6 Å². The van der Waals surface area contributed by atoms with Crippen LogP contribution in [0.2, 0.25) is 0 Å². The van der Waals surface area contributed by atoms with Gasteiger partial charge >= 0.3 is 0 Å². The zero-order valence-corrected chi connectivity index (χ0v) is 14.2. The molecular formula is C12H12BrF2N5O2S. The summed E-state index contributed by atoms with van der Waals surface area (Å²) in [6, 6.07) is 2.18. The van der Waals surface area contributed by atoms with Gasteiger partial charge in [-0.25, -0.2) is 18.4 Å². The lowest BCUT2D eigenvalue weighted by atomic mass is 10.3. The first-order valence-corrected chi connectivity index (χ1v) is 8.09. The third-order valence-electron chi connectivity index (χ3n) is 2.63. The molecule has 0 radical (unpaired) electrons. The molecule has 3 N–H and O–H groups in total. The molecule has 0 atom stereocenters. The lowest BCUT2D eigenvalue weighted by Crippen LogP contribution is -2.21. The second kappa shape index (κ2) is 8.34. The van der Waals surface area contributed by atoms with Gasteiger partial charge in [-0.1, -0.05) is 11.8 Å². The van der Waals surface area contributed by atoms with Gasteiger partial charge < -0.3 is 5.32 Å². The molecule has 7 nitrogen and oxygen atoms in total. The third-order valence-corrected chi connectivity index (χ3v) is 4.30. The van der Waals surface area contributed by atoms with E-state index in [4.69, 9.17) is 0 Å². The molecule has 1 heterocycles. The number of amidine groups is 1. The van der Waals surface area contributed by atoms with Gasteiger partial charge in [0, 0.05) is 12.3 Å². The predicted molar refractivity (Wildman–Crippen MR) is 84.1 cm³/mol. The van der Waals surface area contributed by atoms with Crippen molar-refractivity contribution in [1.29, 1.82) is 0 Å². The number of hydrogen-bond acceptors (Lipinski definition) is 7. The van der Waals surface area contributed by atoms with Crippen LogP contribution in [0.1, 0.15) is 5.69 Å². The molecular weight excluding hydrogens is 396 g/mol. The van der Waals surface area contributed by atoms with Crippen molar-refractivity contribution in [2.24, 2.45) is 4.99 Å².